The largest absolute Gasteiger partial charge is 0.445 e. The molecule has 1 aliphatic rings. The van der Waals surface area contributed by atoms with Gasteiger partial charge in [-0.1, -0.05) is 64.4 Å². The summed E-state index contributed by atoms with van der Waals surface area (Å²) in [4.78, 5) is 58.1. The maximum atomic E-state index is 14.6. The number of carbonyl (C=O) groups excluding carboxylic acids is 4. The van der Waals surface area contributed by atoms with Crippen LogP contribution in [0.3, 0.4) is 0 Å². The molecular formula is C41H62N6O6. The van der Waals surface area contributed by atoms with E-state index in [1.807, 2.05) is 76.8 Å². The lowest BCUT2D eigenvalue weighted by atomic mass is 9.92. The summed E-state index contributed by atoms with van der Waals surface area (Å²) >= 11 is 0. The SMILES string of the molecule is CCC(C)CN(NC(=O)C[C@@H](O)CCC(C)C)C(=O)[C@H](CC1=CN(C(=O)[C@H](C)N)CN1c1c(C)c(C)c(C)c(C)c1C)NC(=O)OCc1ccccc1. The van der Waals surface area contributed by atoms with E-state index in [9.17, 15) is 24.3 Å². The number of benzene rings is 2. The fourth-order valence-corrected chi connectivity index (χ4v) is 6.36. The van der Waals surface area contributed by atoms with Crippen LogP contribution in [0.15, 0.2) is 42.2 Å². The molecular weight excluding hydrogens is 672 g/mol. The molecule has 53 heavy (non-hydrogen) atoms. The number of nitrogens with one attached hydrogen (secondary N) is 2. The number of alkyl carbamates (subject to hydrolysis) is 1. The minimum Gasteiger partial charge on any atom is -0.445 e. The lowest BCUT2D eigenvalue weighted by Gasteiger charge is -2.33. The van der Waals surface area contributed by atoms with Gasteiger partial charge in [-0.15, -0.1) is 0 Å². The lowest BCUT2D eigenvalue weighted by Crippen LogP contribution is -2.56. The molecule has 0 aromatic heterocycles. The van der Waals surface area contributed by atoms with Crippen molar-refractivity contribution in [3.8, 4) is 0 Å². The normalized spacial score (nSPS) is 15.1. The van der Waals surface area contributed by atoms with Crippen LogP contribution in [0, 0.1) is 46.5 Å². The molecule has 4 atom stereocenters. The van der Waals surface area contributed by atoms with Crippen molar-refractivity contribution < 1.29 is 29.0 Å². The second-order valence-corrected chi connectivity index (χ2v) is 15.0. The first-order valence-corrected chi connectivity index (χ1v) is 18.8. The fourth-order valence-electron chi connectivity index (χ4n) is 6.36. The molecule has 2 aromatic rings. The van der Waals surface area contributed by atoms with E-state index >= 15 is 0 Å². The third kappa shape index (κ3) is 11.8. The molecule has 292 valence electrons. The number of hydrogen-bond donors (Lipinski definition) is 4. The van der Waals surface area contributed by atoms with E-state index < -0.39 is 36.1 Å². The Morgan fingerprint density at radius 1 is 0.925 bits per heavy atom. The van der Waals surface area contributed by atoms with Gasteiger partial charge in [0.15, 0.2) is 0 Å². The summed E-state index contributed by atoms with van der Waals surface area (Å²) in [5.74, 6) is -0.986. The average Bonchev–Trinajstić information content (AvgIpc) is 3.53. The summed E-state index contributed by atoms with van der Waals surface area (Å²) in [6.45, 7) is 20.3. The molecule has 0 fully saturated rings. The molecule has 1 heterocycles. The number of amides is 4. The zero-order valence-electron chi connectivity index (χ0n) is 33.4. The minimum atomic E-state index is -1.21. The molecule has 2 aromatic carbocycles. The van der Waals surface area contributed by atoms with Crippen molar-refractivity contribution in [2.75, 3.05) is 18.1 Å². The van der Waals surface area contributed by atoms with Crippen molar-refractivity contribution in [1.82, 2.24) is 20.7 Å². The molecule has 12 nitrogen and oxygen atoms in total. The van der Waals surface area contributed by atoms with E-state index in [2.05, 4.69) is 31.5 Å². The quantitative estimate of drug-likeness (QED) is 0.158. The Labute approximate surface area is 316 Å². The van der Waals surface area contributed by atoms with Crippen molar-refractivity contribution >= 4 is 29.5 Å². The predicted molar refractivity (Wildman–Crippen MR) is 208 cm³/mol. The van der Waals surface area contributed by atoms with Gasteiger partial charge in [-0.3, -0.25) is 29.7 Å². The number of nitrogens with two attached hydrogens (primary N) is 1. The molecule has 12 heteroatoms. The number of aliphatic hydroxyl groups is 1. The summed E-state index contributed by atoms with van der Waals surface area (Å²) in [7, 11) is 0. The van der Waals surface area contributed by atoms with Gasteiger partial charge in [-0.2, -0.15) is 0 Å². The fraction of sp³-hybridized carbons (Fsp3) is 0.561. The van der Waals surface area contributed by atoms with Gasteiger partial charge in [0.25, 0.3) is 5.91 Å². The highest BCUT2D eigenvalue weighted by Gasteiger charge is 2.36. The molecule has 1 aliphatic heterocycles. The number of anilines is 1. The topological polar surface area (TPSA) is 158 Å². The third-order valence-electron chi connectivity index (χ3n) is 10.3. The van der Waals surface area contributed by atoms with Crippen LogP contribution in [-0.2, 0) is 25.7 Å². The van der Waals surface area contributed by atoms with Crippen molar-refractivity contribution in [3.63, 3.8) is 0 Å². The van der Waals surface area contributed by atoms with Crippen molar-refractivity contribution in [1.29, 1.82) is 0 Å². The summed E-state index contributed by atoms with van der Waals surface area (Å²) in [5, 5.41) is 14.6. The molecule has 0 saturated heterocycles. The Morgan fingerprint density at radius 2 is 1.53 bits per heavy atom. The smallest absolute Gasteiger partial charge is 0.408 e. The number of aliphatic hydroxyl groups excluding tert-OH is 1. The first-order valence-electron chi connectivity index (χ1n) is 18.8. The molecule has 3 rings (SSSR count). The van der Waals surface area contributed by atoms with Gasteiger partial charge >= 0.3 is 6.09 Å². The first-order chi connectivity index (χ1) is 24.9. The minimum absolute atomic E-state index is 0.000883. The number of nitrogens with zero attached hydrogens (tertiary/aromatic N) is 3. The summed E-state index contributed by atoms with van der Waals surface area (Å²) in [6.07, 6.45) is 1.75. The van der Waals surface area contributed by atoms with Crippen LogP contribution in [0.1, 0.15) is 100 Å². The van der Waals surface area contributed by atoms with E-state index in [-0.39, 0.29) is 44.5 Å². The van der Waals surface area contributed by atoms with Crippen LogP contribution in [0.25, 0.3) is 0 Å². The number of ether oxygens (including phenoxy) is 1. The summed E-state index contributed by atoms with van der Waals surface area (Å²) in [6, 6.07) is 7.23. The van der Waals surface area contributed by atoms with Crippen LogP contribution < -0.4 is 21.4 Å². The number of rotatable bonds is 16. The van der Waals surface area contributed by atoms with E-state index in [4.69, 9.17) is 10.5 Å². The summed E-state index contributed by atoms with van der Waals surface area (Å²) in [5.41, 5.74) is 16.6. The van der Waals surface area contributed by atoms with Gasteiger partial charge in [-0.25, -0.2) is 4.79 Å². The van der Waals surface area contributed by atoms with E-state index in [0.717, 1.165) is 46.3 Å². The van der Waals surface area contributed by atoms with Gasteiger partial charge in [0.05, 0.1) is 18.6 Å². The molecule has 0 bridgehead atoms. The number of hydrogen-bond acceptors (Lipinski definition) is 8. The van der Waals surface area contributed by atoms with Gasteiger partial charge < -0.3 is 25.8 Å². The molecule has 0 aliphatic carbocycles. The Balaban J connectivity index is 2.05. The molecule has 0 spiro atoms. The molecule has 1 unspecified atom stereocenters. The lowest BCUT2D eigenvalue weighted by molar-refractivity contribution is -0.144. The van der Waals surface area contributed by atoms with Gasteiger partial charge in [0, 0.05) is 30.5 Å². The van der Waals surface area contributed by atoms with E-state index in [1.165, 1.54) is 15.5 Å². The van der Waals surface area contributed by atoms with Crippen molar-refractivity contribution in [3.05, 3.63) is 75.6 Å². The van der Waals surface area contributed by atoms with E-state index in [0.29, 0.717) is 18.0 Å². The number of carbonyl (C=O) groups is 4. The van der Waals surface area contributed by atoms with Crippen LogP contribution >= 0.6 is 0 Å². The third-order valence-corrected chi connectivity index (χ3v) is 10.3. The molecule has 5 N–H and O–H groups in total. The Kier molecular flexibility index (Phi) is 15.9. The average molecular weight is 735 g/mol. The highest BCUT2D eigenvalue weighted by molar-refractivity contribution is 5.89. The zero-order chi connectivity index (χ0) is 39.6. The van der Waals surface area contributed by atoms with Crippen LogP contribution in [-0.4, -0.2) is 70.2 Å². The monoisotopic (exact) mass is 734 g/mol. The second-order valence-electron chi connectivity index (χ2n) is 15.0. The Hall–Kier alpha value is -4.42. The Bertz CT molecular complexity index is 1600. The highest BCUT2D eigenvalue weighted by Crippen LogP contribution is 2.38. The standard InChI is InChI=1S/C41H62N6O6/c1-11-26(4)21-47(44-37(49)20-35(48)18-17-25(2)3)40(51)36(43-41(52)53-23-33-15-13-12-14-16-33)19-34-22-45(39(50)32(10)42)24-46(34)38-30(8)28(6)27(5)29(7)31(38)9/h12-16,22,25-26,32,35-36,48H,11,17-21,23-24,42H2,1-10H3,(H,43,52)(H,44,49)/t26?,32-,35-,36-/m0/s1. The maximum Gasteiger partial charge on any atom is 0.408 e. The van der Waals surface area contributed by atoms with Crippen molar-refractivity contribution in [2.45, 2.75) is 126 Å². The number of hydrazine groups is 1. The highest BCUT2D eigenvalue weighted by atomic mass is 16.5. The van der Waals surface area contributed by atoms with Crippen LogP contribution in [0.2, 0.25) is 0 Å². The van der Waals surface area contributed by atoms with Crippen LogP contribution in [0.5, 0.6) is 0 Å². The summed E-state index contributed by atoms with van der Waals surface area (Å²) < 4.78 is 5.56. The van der Waals surface area contributed by atoms with Crippen LogP contribution in [0.4, 0.5) is 10.5 Å². The first kappa shape index (κ1) is 43.0. The molecule has 0 radical (unpaired) electrons. The van der Waals surface area contributed by atoms with Gasteiger partial charge in [0.2, 0.25) is 11.8 Å². The molecule has 4 amide bonds. The second kappa shape index (κ2) is 19.6. The van der Waals surface area contributed by atoms with Gasteiger partial charge in [-0.05, 0) is 99.6 Å². The maximum absolute atomic E-state index is 14.6. The predicted octanol–water partition coefficient (Wildman–Crippen LogP) is 5.80. The van der Waals surface area contributed by atoms with E-state index in [1.54, 1.807) is 13.1 Å². The van der Waals surface area contributed by atoms with Gasteiger partial charge in [0.1, 0.15) is 19.3 Å². The van der Waals surface area contributed by atoms with Crippen molar-refractivity contribution in [2.24, 2.45) is 17.6 Å². The molecule has 0 saturated carbocycles. The zero-order valence-corrected chi connectivity index (χ0v) is 33.4. The Morgan fingerprint density at radius 3 is 2.09 bits per heavy atom.